The number of aryl methyl sites for hydroxylation is 1. The van der Waals surface area contributed by atoms with Gasteiger partial charge in [0.1, 0.15) is 29.8 Å². The first-order chi connectivity index (χ1) is 19.9. The van der Waals surface area contributed by atoms with Crippen LogP contribution in [0.5, 0.6) is 6.01 Å². The van der Waals surface area contributed by atoms with Crippen molar-refractivity contribution < 1.29 is 13.5 Å². The lowest BCUT2D eigenvalue weighted by Gasteiger charge is -2.34. The number of anilines is 1. The molecule has 4 atom stereocenters. The zero-order valence-electron chi connectivity index (χ0n) is 22.8. The van der Waals surface area contributed by atoms with Crippen molar-refractivity contribution in [1.29, 1.82) is 0 Å². The number of nitrogens with one attached hydrogen (secondary N) is 2. The molecule has 0 spiro atoms. The fourth-order valence-corrected chi connectivity index (χ4v) is 7.80. The highest BCUT2D eigenvalue weighted by Crippen LogP contribution is 2.42. The molecular formula is C29H31ClF2N8O. The third-order valence-electron chi connectivity index (χ3n) is 9.49. The van der Waals surface area contributed by atoms with E-state index in [2.05, 4.69) is 35.3 Å². The molecular weight excluding hydrogens is 550 g/mol. The van der Waals surface area contributed by atoms with Crippen molar-refractivity contribution in [3.05, 3.63) is 34.9 Å². The molecule has 4 saturated heterocycles. The zero-order chi connectivity index (χ0) is 27.9. The van der Waals surface area contributed by atoms with Gasteiger partial charge in [0.25, 0.3) is 0 Å². The van der Waals surface area contributed by atoms with Gasteiger partial charge in [0.15, 0.2) is 5.82 Å². The van der Waals surface area contributed by atoms with E-state index in [1.54, 1.807) is 12.4 Å². The van der Waals surface area contributed by atoms with Crippen molar-refractivity contribution in [3.63, 3.8) is 0 Å². The number of piperazine rings is 1. The Hall–Kier alpha value is -3.15. The Labute approximate surface area is 240 Å². The summed E-state index contributed by atoms with van der Waals surface area (Å²) < 4.78 is 37.3. The van der Waals surface area contributed by atoms with E-state index in [0.29, 0.717) is 52.2 Å². The zero-order valence-corrected chi connectivity index (χ0v) is 23.5. The van der Waals surface area contributed by atoms with Crippen LogP contribution in [0.15, 0.2) is 18.5 Å². The van der Waals surface area contributed by atoms with E-state index < -0.39 is 12.0 Å². The highest BCUT2D eigenvalue weighted by atomic mass is 35.5. The summed E-state index contributed by atoms with van der Waals surface area (Å²) in [6.45, 7) is 4.94. The van der Waals surface area contributed by atoms with Gasteiger partial charge in [0.05, 0.1) is 27.7 Å². The van der Waals surface area contributed by atoms with Crippen LogP contribution in [-0.4, -0.2) is 86.6 Å². The predicted octanol–water partition coefficient (Wildman–Crippen LogP) is 4.56. The molecule has 4 fully saturated rings. The summed E-state index contributed by atoms with van der Waals surface area (Å²) in [5.74, 6) is 0.0233. The molecule has 7 heterocycles. The molecule has 0 aliphatic carbocycles. The molecule has 2 N–H and O–H groups in total. The fraction of sp³-hybridized carbons (Fsp3) is 0.517. The van der Waals surface area contributed by atoms with E-state index in [9.17, 15) is 4.39 Å². The molecule has 3 aromatic heterocycles. The highest BCUT2D eigenvalue weighted by Gasteiger charge is 2.49. The third-order valence-corrected chi connectivity index (χ3v) is 9.98. The largest absolute Gasteiger partial charge is 0.461 e. The maximum Gasteiger partial charge on any atom is 0.319 e. The maximum atomic E-state index is 16.6. The predicted molar refractivity (Wildman–Crippen MR) is 153 cm³/mol. The van der Waals surface area contributed by atoms with E-state index >= 15 is 4.39 Å². The molecule has 0 amide bonds. The minimum atomic E-state index is -0.867. The van der Waals surface area contributed by atoms with Crippen molar-refractivity contribution in [2.75, 3.05) is 37.7 Å². The smallest absolute Gasteiger partial charge is 0.319 e. The topological polar surface area (TPSA) is 95.1 Å². The number of halogens is 3. The Balaban J connectivity index is 1.25. The van der Waals surface area contributed by atoms with Crippen LogP contribution in [0.25, 0.3) is 33.1 Å². The van der Waals surface area contributed by atoms with Crippen LogP contribution in [0.1, 0.15) is 37.7 Å². The van der Waals surface area contributed by atoms with E-state index in [1.807, 2.05) is 13.0 Å². The molecule has 4 aromatic rings. The molecule has 41 heavy (non-hydrogen) atoms. The molecule has 4 aliphatic heterocycles. The molecule has 214 valence electrons. The van der Waals surface area contributed by atoms with Crippen LogP contribution in [0, 0.1) is 12.7 Å². The number of hydrogen-bond donors (Lipinski definition) is 2. The van der Waals surface area contributed by atoms with Crippen LogP contribution in [0.2, 0.25) is 5.02 Å². The molecule has 1 aromatic carbocycles. The van der Waals surface area contributed by atoms with Gasteiger partial charge in [-0.1, -0.05) is 11.6 Å². The minimum absolute atomic E-state index is 0.0989. The summed E-state index contributed by atoms with van der Waals surface area (Å²) >= 11 is 6.74. The number of benzene rings is 1. The van der Waals surface area contributed by atoms with Gasteiger partial charge in [-0.15, -0.1) is 0 Å². The van der Waals surface area contributed by atoms with E-state index in [4.69, 9.17) is 21.3 Å². The quantitative estimate of drug-likeness (QED) is 0.355. The summed E-state index contributed by atoms with van der Waals surface area (Å²) in [4.78, 5) is 18.4. The van der Waals surface area contributed by atoms with Gasteiger partial charge in [-0.3, -0.25) is 15.0 Å². The fourth-order valence-electron chi connectivity index (χ4n) is 7.55. The molecule has 8 rings (SSSR count). The summed E-state index contributed by atoms with van der Waals surface area (Å²) in [5.41, 5.74) is 1.87. The molecule has 2 bridgehead atoms. The Morgan fingerprint density at radius 3 is 2.80 bits per heavy atom. The minimum Gasteiger partial charge on any atom is -0.461 e. The molecule has 2 unspecified atom stereocenters. The number of H-pyrrole nitrogens is 1. The number of fused-ring (bicyclic) bond motifs is 5. The number of nitrogens with zero attached hydrogens (tertiary/aromatic N) is 6. The second kappa shape index (κ2) is 9.43. The number of rotatable bonds is 5. The lowest BCUT2D eigenvalue weighted by atomic mass is 9.95. The van der Waals surface area contributed by atoms with Crippen molar-refractivity contribution >= 4 is 39.2 Å². The molecule has 12 heteroatoms. The van der Waals surface area contributed by atoms with E-state index in [0.717, 1.165) is 56.4 Å². The number of aromatic nitrogens is 5. The van der Waals surface area contributed by atoms with Gasteiger partial charge >= 0.3 is 6.01 Å². The van der Waals surface area contributed by atoms with Crippen LogP contribution in [-0.2, 0) is 0 Å². The summed E-state index contributed by atoms with van der Waals surface area (Å²) in [5, 5.41) is 12.3. The Morgan fingerprint density at radius 2 is 1.98 bits per heavy atom. The second-order valence-electron chi connectivity index (χ2n) is 12.1. The van der Waals surface area contributed by atoms with Gasteiger partial charge in [0.2, 0.25) is 0 Å². The van der Waals surface area contributed by atoms with E-state index in [1.165, 1.54) is 0 Å². The third kappa shape index (κ3) is 4.07. The first-order valence-corrected chi connectivity index (χ1v) is 14.8. The number of ether oxygens (including phenoxy) is 1. The Morgan fingerprint density at radius 1 is 1.15 bits per heavy atom. The average Bonchev–Trinajstić information content (AvgIpc) is 3.72. The molecule has 0 saturated carbocycles. The molecule has 0 radical (unpaired) electrons. The highest BCUT2D eigenvalue weighted by molar-refractivity contribution is 6.35. The average molecular weight is 581 g/mol. The molecule has 4 aliphatic rings. The summed E-state index contributed by atoms with van der Waals surface area (Å²) in [6, 6.07) is 2.69. The van der Waals surface area contributed by atoms with Crippen LogP contribution < -0.4 is 15.0 Å². The van der Waals surface area contributed by atoms with Crippen molar-refractivity contribution in [2.24, 2.45) is 0 Å². The number of alkyl halides is 1. The van der Waals surface area contributed by atoms with E-state index in [-0.39, 0.29) is 29.4 Å². The van der Waals surface area contributed by atoms with Crippen molar-refractivity contribution in [3.8, 4) is 17.3 Å². The van der Waals surface area contributed by atoms with Gasteiger partial charge in [-0.2, -0.15) is 15.1 Å². The number of aromatic amines is 1. The monoisotopic (exact) mass is 580 g/mol. The number of pyridine rings is 1. The van der Waals surface area contributed by atoms with Crippen molar-refractivity contribution in [2.45, 2.75) is 62.8 Å². The second-order valence-corrected chi connectivity index (χ2v) is 12.5. The lowest BCUT2D eigenvalue weighted by Crippen LogP contribution is -2.51. The van der Waals surface area contributed by atoms with Gasteiger partial charge < -0.3 is 15.0 Å². The van der Waals surface area contributed by atoms with Crippen LogP contribution in [0.3, 0.4) is 0 Å². The lowest BCUT2D eigenvalue weighted by molar-refractivity contribution is 0.107. The van der Waals surface area contributed by atoms with Gasteiger partial charge in [-0.05, 0) is 50.8 Å². The number of hydrogen-bond acceptors (Lipinski definition) is 8. The van der Waals surface area contributed by atoms with Crippen molar-refractivity contribution in [1.82, 2.24) is 35.4 Å². The first-order valence-electron chi connectivity index (χ1n) is 14.4. The standard InChI is InChI=1S/C29H31ClF2N8O/c1-15-7-21-19(10-34-38-21)22(23(15)30)26-24(32)25-20(9-33-26)27(39-12-17-3-4-18(13-39)35-17)37-28(36-25)41-14-29-5-2-6-40(29)11-16(31)8-29/h7,9-10,16-18,35H,2-6,8,11-14H2,1H3,(H,34,38)/t16-,17?,18?,29+/m1/s1. The first kappa shape index (κ1) is 25.6. The normalized spacial score (nSPS) is 27.8. The van der Waals surface area contributed by atoms with Crippen LogP contribution >= 0.6 is 11.6 Å². The summed E-state index contributed by atoms with van der Waals surface area (Å²) in [7, 11) is 0. The molecule has 9 nitrogen and oxygen atoms in total. The maximum absolute atomic E-state index is 16.6. The summed E-state index contributed by atoms with van der Waals surface area (Å²) in [6.07, 6.45) is 6.90. The Bertz CT molecular complexity index is 1670. The SMILES string of the molecule is Cc1cc2[nH]ncc2c(-c2ncc3c(N4CC5CCC(C4)N5)nc(OC[C@@]45CCCN4C[C@H](F)C5)nc3c2F)c1Cl. The van der Waals surface area contributed by atoms with Gasteiger partial charge in [0, 0.05) is 55.3 Å². The van der Waals surface area contributed by atoms with Gasteiger partial charge in [-0.25, -0.2) is 8.78 Å². The Kier molecular flexibility index (Phi) is 5.88. The van der Waals surface area contributed by atoms with Crippen LogP contribution in [0.4, 0.5) is 14.6 Å².